The Balaban J connectivity index is 2.00. The molecular formula is C16H27N3O2. The van der Waals surface area contributed by atoms with Crippen LogP contribution in [0.1, 0.15) is 62.5 Å². The van der Waals surface area contributed by atoms with Gasteiger partial charge >= 0.3 is 5.97 Å². The number of ether oxygens (including phenoxy) is 1. The molecule has 0 radical (unpaired) electrons. The minimum Gasteiger partial charge on any atom is -0.462 e. The zero-order chi connectivity index (χ0) is 15.5. The molecule has 1 heterocycles. The largest absolute Gasteiger partial charge is 0.462 e. The molecule has 0 amide bonds. The number of hydrogen-bond donors (Lipinski definition) is 1. The SMILES string of the molecule is CCOC(=O)c1cnn(C)c1CNC1CCCC(C)(C)C1. The van der Waals surface area contributed by atoms with E-state index in [2.05, 4.69) is 24.3 Å². The van der Waals surface area contributed by atoms with Crippen LogP contribution in [0.2, 0.25) is 0 Å². The van der Waals surface area contributed by atoms with Crippen LogP contribution in [0.4, 0.5) is 0 Å². The second-order valence-corrected chi connectivity index (χ2v) is 6.69. The summed E-state index contributed by atoms with van der Waals surface area (Å²) < 4.78 is 6.84. The Morgan fingerprint density at radius 3 is 3.00 bits per heavy atom. The number of carbonyl (C=O) groups excluding carboxylic acids is 1. The lowest BCUT2D eigenvalue weighted by molar-refractivity contribution is 0.0524. The second kappa shape index (κ2) is 6.60. The third kappa shape index (κ3) is 4.06. The maximum Gasteiger partial charge on any atom is 0.341 e. The molecule has 1 fully saturated rings. The average Bonchev–Trinajstić information content (AvgIpc) is 2.77. The van der Waals surface area contributed by atoms with Crippen LogP contribution < -0.4 is 5.32 Å². The standard InChI is InChI=1S/C16H27N3O2/c1-5-21-15(20)13-10-18-19(4)14(13)11-17-12-7-6-8-16(2,3)9-12/h10,12,17H,5-9,11H2,1-4H3. The molecule has 2 rings (SSSR count). The van der Waals surface area contributed by atoms with Gasteiger partial charge < -0.3 is 10.1 Å². The van der Waals surface area contributed by atoms with Crippen LogP contribution in [0.15, 0.2) is 6.20 Å². The van der Waals surface area contributed by atoms with Crippen LogP contribution in [-0.2, 0) is 18.3 Å². The van der Waals surface area contributed by atoms with Crippen LogP contribution in [0.25, 0.3) is 0 Å². The predicted octanol–water partition coefficient (Wildman–Crippen LogP) is 2.66. The maximum atomic E-state index is 11.9. The van der Waals surface area contributed by atoms with Gasteiger partial charge in [-0.2, -0.15) is 5.10 Å². The van der Waals surface area contributed by atoms with E-state index in [-0.39, 0.29) is 5.97 Å². The van der Waals surface area contributed by atoms with Crippen molar-refractivity contribution in [3.8, 4) is 0 Å². The number of nitrogens with one attached hydrogen (secondary N) is 1. The summed E-state index contributed by atoms with van der Waals surface area (Å²) in [6.45, 7) is 7.52. The molecule has 0 spiro atoms. The topological polar surface area (TPSA) is 56.1 Å². The van der Waals surface area contributed by atoms with Crippen molar-refractivity contribution in [1.29, 1.82) is 0 Å². The van der Waals surface area contributed by atoms with Gasteiger partial charge in [-0.3, -0.25) is 4.68 Å². The van der Waals surface area contributed by atoms with Crippen LogP contribution >= 0.6 is 0 Å². The van der Waals surface area contributed by atoms with Crippen molar-refractivity contribution in [3.05, 3.63) is 17.5 Å². The van der Waals surface area contributed by atoms with E-state index in [1.807, 2.05) is 14.0 Å². The Hall–Kier alpha value is -1.36. The van der Waals surface area contributed by atoms with Gasteiger partial charge in [-0.05, 0) is 31.6 Å². The quantitative estimate of drug-likeness (QED) is 0.848. The Morgan fingerprint density at radius 2 is 2.33 bits per heavy atom. The summed E-state index contributed by atoms with van der Waals surface area (Å²) in [5.41, 5.74) is 1.88. The normalized spacial score (nSPS) is 21.2. The number of nitrogens with zero attached hydrogens (tertiary/aromatic N) is 2. The third-order valence-electron chi connectivity index (χ3n) is 4.32. The zero-order valence-corrected chi connectivity index (χ0v) is 13.6. The molecule has 0 bridgehead atoms. The molecule has 5 nitrogen and oxygen atoms in total. The molecule has 5 heteroatoms. The van der Waals surface area contributed by atoms with Gasteiger partial charge in [-0.1, -0.05) is 20.3 Å². The van der Waals surface area contributed by atoms with E-state index in [4.69, 9.17) is 4.74 Å². The second-order valence-electron chi connectivity index (χ2n) is 6.69. The first-order valence-electron chi connectivity index (χ1n) is 7.84. The van der Waals surface area contributed by atoms with E-state index in [0.717, 1.165) is 5.69 Å². The van der Waals surface area contributed by atoms with Crippen LogP contribution in [-0.4, -0.2) is 28.4 Å². The van der Waals surface area contributed by atoms with E-state index in [9.17, 15) is 4.79 Å². The number of carbonyl (C=O) groups is 1. The maximum absolute atomic E-state index is 11.9. The predicted molar refractivity (Wildman–Crippen MR) is 82.0 cm³/mol. The first-order valence-corrected chi connectivity index (χ1v) is 7.84. The summed E-state index contributed by atoms with van der Waals surface area (Å²) in [5.74, 6) is -0.286. The number of hydrogen-bond acceptors (Lipinski definition) is 4. The van der Waals surface area contributed by atoms with Gasteiger partial charge in [0.15, 0.2) is 0 Å². The highest BCUT2D eigenvalue weighted by molar-refractivity contribution is 5.90. The molecule has 1 aliphatic rings. The lowest BCUT2D eigenvalue weighted by atomic mass is 9.75. The van der Waals surface area contributed by atoms with Crippen molar-refractivity contribution < 1.29 is 9.53 Å². The summed E-state index contributed by atoms with van der Waals surface area (Å²) in [7, 11) is 1.87. The highest BCUT2D eigenvalue weighted by Crippen LogP contribution is 2.35. The Labute approximate surface area is 127 Å². The molecule has 0 aliphatic heterocycles. The summed E-state index contributed by atoms with van der Waals surface area (Å²) in [6, 6.07) is 0.513. The molecule has 1 unspecified atom stereocenters. The molecule has 1 aromatic heterocycles. The molecule has 21 heavy (non-hydrogen) atoms. The van der Waals surface area contributed by atoms with E-state index < -0.39 is 0 Å². The van der Waals surface area contributed by atoms with Crippen LogP contribution in [0.5, 0.6) is 0 Å². The highest BCUT2D eigenvalue weighted by Gasteiger charge is 2.28. The van der Waals surface area contributed by atoms with Crippen molar-refractivity contribution in [2.24, 2.45) is 12.5 Å². The van der Waals surface area contributed by atoms with Gasteiger partial charge in [-0.15, -0.1) is 0 Å². The van der Waals surface area contributed by atoms with Crippen molar-refractivity contribution in [1.82, 2.24) is 15.1 Å². The van der Waals surface area contributed by atoms with Gasteiger partial charge in [0.25, 0.3) is 0 Å². The first kappa shape index (κ1) is 16.0. The lowest BCUT2D eigenvalue weighted by Gasteiger charge is -2.35. The molecule has 0 aromatic carbocycles. The monoisotopic (exact) mass is 293 g/mol. The molecule has 118 valence electrons. The number of aryl methyl sites for hydroxylation is 1. The van der Waals surface area contributed by atoms with Crippen molar-refractivity contribution in [2.45, 2.75) is 59.0 Å². The number of aromatic nitrogens is 2. The third-order valence-corrected chi connectivity index (χ3v) is 4.32. The van der Waals surface area contributed by atoms with E-state index >= 15 is 0 Å². The van der Waals surface area contributed by atoms with Gasteiger partial charge in [0.05, 0.1) is 18.5 Å². The minimum absolute atomic E-state index is 0.286. The van der Waals surface area contributed by atoms with Gasteiger partial charge in [0, 0.05) is 19.6 Å². The van der Waals surface area contributed by atoms with Crippen LogP contribution in [0.3, 0.4) is 0 Å². The Morgan fingerprint density at radius 1 is 1.57 bits per heavy atom. The van der Waals surface area contributed by atoms with Gasteiger partial charge in [-0.25, -0.2) is 4.79 Å². The van der Waals surface area contributed by atoms with E-state index in [0.29, 0.717) is 30.2 Å². The number of esters is 1. The fraction of sp³-hybridized carbons (Fsp3) is 0.750. The highest BCUT2D eigenvalue weighted by atomic mass is 16.5. The van der Waals surface area contributed by atoms with Gasteiger partial charge in [0.1, 0.15) is 5.56 Å². The van der Waals surface area contributed by atoms with E-state index in [1.54, 1.807) is 10.9 Å². The zero-order valence-electron chi connectivity index (χ0n) is 13.6. The Kier molecular flexibility index (Phi) is 5.04. The summed E-state index contributed by atoms with van der Waals surface area (Å²) in [6.07, 6.45) is 6.54. The summed E-state index contributed by atoms with van der Waals surface area (Å²) in [5, 5.41) is 7.78. The van der Waals surface area contributed by atoms with Crippen molar-refractivity contribution in [2.75, 3.05) is 6.61 Å². The average molecular weight is 293 g/mol. The first-order chi connectivity index (χ1) is 9.93. The fourth-order valence-corrected chi connectivity index (χ4v) is 3.17. The molecule has 1 saturated carbocycles. The Bertz CT molecular complexity index is 494. The van der Waals surface area contributed by atoms with E-state index in [1.165, 1.54) is 25.7 Å². The van der Waals surface area contributed by atoms with Crippen molar-refractivity contribution in [3.63, 3.8) is 0 Å². The number of rotatable bonds is 5. The molecule has 1 atom stereocenters. The molecule has 1 aromatic rings. The summed E-state index contributed by atoms with van der Waals surface area (Å²) in [4.78, 5) is 11.9. The van der Waals surface area contributed by atoms with Gasteiger partial charge in [0.2, 0.25) is 0 Å². The molecule has 0 saturated heterocycles. The molecule has 1 aliphatic carbocycles. The minimum atomic E-state index is -0.286. The summed E-state index contributed by atoms with van der Waals surface area (Å²) >= 11 is 0. The smallest absolute Gasteiger partial charge is 0.341 e. The van der Waals surface area contributed by atoms with Crippen LogP contribution in [0, 0.1) is 5.41 Å². The lowest BCUT2D eigenvalue weighted by Crippen LogP contribution is -2.37. The fourth-order valence-electron chi connectivity index (χ4n) is 3.17. The molecule has 1 N–H and O–H groups in total. The molecular weight excluding hydrogens is 266 g/mol. The van der Waals surface area contributed by atoms with Crippen molar-refractivity contribution >= 4 is 5.97 Å².